The molecule has 1 saturated heterocycles. The van der Waals surface area contributed by atoms with E-state index in [0.29, 0.717) is 12.8 Å². The zero-order chi connectivity index (χ0) is 12.0. The summed E-state index contributed by atoms with van der Waals surface area (Å²) < 4.78 is 34.0. The maximum atomic E-state index is 12.7. The molecule has 1 amide bonds. The Balaban J connectivity index is 2.00. The van der Waals surface area contributed by atoms with E-state index >= 15 is 0 Å². The summed E-state index contributed by atoms with van der Waals surface area (Å²) >= 11 is 0. The Kier molecular flexibility index (Phi) is 2.70. The number of rotatable bonds is 3. The predicted molar refractivity (Wildman–Crippen MR) is 53.8 cm³/mol. The number of likely N-dealkylation sites (tertiary alicyclic amines) is 1. The minimum absolute atomic E-state index is 0.123. The molecule has 1 unspecified atom stereocenters. The summed E-state index contributed by atoms with van der Waals surface area (Å²) in [7, 11) is -4.66. The third-order valence-corrected chi connectivity index (χ3v) is 4.46. The fraction of sp³-hybridized carbons (Fsp3) is 0.889. The normalized spacial score (nSPS) is 29.2. The summed E-state index contributed by atoms with van der Waals surface area (Å²) in [5.74, 6) is -0.397. The van der Waals surface area contributed by atoms with Gasteiger partial charge in [-0.05, 0) is 19.3 Å². The second-order valence-electron chi connectivity index (χ2n) is 4.65. The van der Waals surface area contributed by atoms with Gasteiger partial charge in [0.1, 0.15) is 5.25 Å². The van der Waals surface area contributed by atoms with Gasteiger partial charge in [0.25, 0.3) is 0 Å². The quantitative estimate of drug-likeness (QED) is 0.705. The lowest BCUT2D eigenvalue weighted by molar-refractivity contribution is -0.133. The average molecular weight is 251 g/mol. The molecule has 1 atom stereocenters. The fourth-order valence-corrected chi connectivity index (χ4v) is 2.88. The van der Waals surface area contributed by atoms with Gasteiger partial charge < -0.3 is 10.0 Å². The van der Waals surface area contributed by atoms with Gasteiger partial charge in [0.15, 0.2) is 0 Å². The fourth-order valence-electron chi connectivity index (χ4n) is 2.18. The van der Waals surface area contributed by atoms with Gasteiger partial charge in [-0.15, -0.1) is 3.89 Å². The Hall–Kier alpha value is -0.690. The Morgan fingerprint density at radius 2 is 2.12 bits per heavy atom. The van der Waals surface area contributed by atoms with E-state index in [9.17, 15) is 22.2 Å². The number of carbonyl (C=O) groups is 1. The highest BCUT2D eigenvalue weighted by atomic mass is 32.3. The molecular weight excluding hydrogens is 237 g/mol. The highest BCUT2D eigenvalue weighted by Gasteiger charge is 2.43. The standard InChI is InChI=1S/C9H14FNO4S/c10-16(14,15)7-4-8(12)11(5-7)6-9(13)2-1-3-9/h7,13H,1-6H2. The summed E-state index contributed by atoms with van der Waals surface area (Å²) in [5, 5.41) is 8.58. The van der Waals surface area contributed by atoms with Crippen LogP contribution in [0.15, 0.2) is 0 Å². The van der Waals surface area contributed by atoms with E-state index in [0.717, 1.165) is 6.42 Å². The van der Waals surface area contributed by atoms with E-state index in [-0.39, 0.29) is 19.5 Å². The van der Waals surface area contributed by atoms with Crippen LogP contribution in [0.1, 0.15) is 25.7 Å². The first-order valence-corrected chi connectivity index (χ1v) is 6.68. The van der Waals surface area contributed by atoms with Crippen molar-refractivity contribution >= 4 is 16.1 Å². The van der Waals surface area contributed by atoms with Gasteiger partial charge in [-0.25, -0.2) is 0 Å². The zero-order valence-corrected chi connectivity index (χ0v) is 9.54. The first-order chi connectivity index (χ1) is 7.30. The number of β-amino-alcohol motifs (C(OH)–C–C–N with tert-alkyl or cyclic N) is 1. The lowest BCUT2D eigenvalue weighted by Crippen LogP contribution is -2.48. The van der Waals surface area contributed by atoms with Gasteiger partial charge in [0, 0.05) is 19.5 Å². The van der Waals surface area contributed by atoms with Crippen LogP contribution in [-0.2, 0) is 15.0 Å². The molecule has 7 heteroatoms. The van der Waals surface area contributed by atoms with E-state index in [4.69, 9.17) is 0 Å². The average Bonchev–Trinajstić information content (AvgIpc) is 2.44. The smallest absolute Gasteiger partial charge is 0.307 e. The van der Waals surface area contributed by atoms with E-state index in [2.05, 4.69) is 0 Å². The number of nitrogens with zero attached hydrogens (tertiary/aromatic N) is 1. The van der Waals surface area contributed by atoms with Crippen LogP contribution in [0.3, 0.4) is 0 Å². The van der Waals surface area contributed by atoms with Crippen molar-refractivity contribution in [2.75, 3.05) is 13.1 Å². The van der Waals surface area contributed by atoms with Gasteiger partial charge in [0.2, 0.25) is 5.91 Å². The molecule has 0 aromatic rings. The molecule has 2 fully saturated rings. The Labute approximate surface area is 93.4 Å². The lowest BCUT2D eigenvalue weighted by Gasteiger charge is -2.39. The third kappa shape index (κ3) is 2.20. The van der Waals surface area contributed by atoms with Crippen molar-refractivity contribution < 1.29 is 22.2 Å². The first-order valence-electron chi connectivity index (χ1n) is 5.24. The van der Waals surface area contributed by atoms with Crippen LogP contribution in [-0.4, -0.2) is 48.3 Å². The van der Waals surface area contributed by atoms with Gasteiger partial charge in [-0.2, -0.15) is 8.42 Å². The Bertz CT molecular complexity index is 404. The maximum absolute atomic E-state index is 12.7. The summed E-state index contributed by atoms with van der Waals surface area (Å²) in [6, 6.07) is 0. The van der Waals surface area contributed by atoms with Crippen molar-refractivity contribution in [2.24, 2.45) is 0 Å². The molecule has 1 N–H and O–H groups in total. The molecule has 2 aliphatic rings. The highest BCUT2D eigenvalue weighted by Crippen LogP contribution is 2.33. The molecule has 1 aliphatic heterocycles. The van der Waals surface area contributed by atoms with Gasteiger partial charge in [-0.1, -0.05) is 0 Å². The lowest BCUT2D eigenvalue weighted by atomic mass is 9.80. The highest BCUT2D eigenvalue weighted by molar-refractivity contribution is 7.87. The maximum Gasteiger partial charge on any atom is 0.307 e. The Morgan fingerprint density at radius 3 is 2.50 bits per heavy atom. The van der Waals surface area contributed by atoms with Gasteiger partial charge in [-0.3, -0.25) is 4.79 Å². The summed E-state index contributed by atoms with van der Waals surface area (Å²) in [4.78, 5) is 12.7. The minimum atomic E-state index is -4.66. The number of hydrogen-bond acceptors (Lipinski definition) is 4. The number of aliphatic hydroxyl groups is 1. The zero-order valence-electron chi connectivity index (χ0n) is 8.73. The Morgan fingerprint density at radius 1 is 1.50 bits per heavy atom. The molecule has 1 aliphatic carbocycles. The van der Waals surface area contributed by atoms with Crippen molar-refractivity contribution in [3.63, 3.8) is 0 Å². The number of amides is 1. The van der Waals surface area contributed by atoms with Crippen molar-refractivity contribution in [2.45, 2.75) is 36.5 Å². The van der Waals surface area contributed by atoms with E-state index in [1.54, 1.807) is 0 Å². The van der Waals surface area contributed by atoms with Crippen LogP contribution in [0.5, 0.6) is 0 Å². The van der Waals surface area contributed by atoms with E-state index < -0.39 is 27.0 Å². The van der Waals surface area contributed by atoms with Crippen molar-refractivity contribution in [1.82, 2.24) is 4.90 Å². The molecule has 1 heterocycles. The number of halogens is 1. The van der Waals surface area contributed by atoms with E-state index in [1.807, 2.05) is 0 Å². The van der Waals surface area contributed by atoms with Crippen LogP contribution in [0.2, 0.25) is 0 Å². The van der Waals surface area contributed by atoms with Crippen LogP contribution < -0.4 is 0 Å². The molecule has 92 valence electrons. The molecule has 0 radical (unpaired) electrons. The topological polar surface area (TPSA) is 74.7 Å². The van der Waals surface area contributed by atoms with Crippen LogP contribution in [0, 0.1) is 0 Å². The number of carbonyl (C=O) groups excluding carboxylic acids is 1. The van der Waals surface area contributed by atoms with Crippen LogP contribution >= 0.6 is 0 Å². The summed E-state index contributed by atoms with van der Waals surface area (Å²) in [6.45, 7) is -0.0160. The van der Waals surface area contributed by atoms with Crippen LogP contribution in [0.25, 0.3) is 0 Å². The molecule has 5 nitrogen and oxygen atoms in total. The molecule has 0 aromatic carbocycles. The second kappa shape index (κ2) is 3.66. The van der Waals surface area contributed by atoms with Crippen molar-refractivity contribution in [3.05, 3.63) is 0 Å². The largest absolute Gasteiger partial charge is 0.388 e. The van der Waals surface area contributed by atoms with Crippen LogP contribution in [0.4, 0.5) is 3.89 Å². The molecule has 0 bridgehead atoms. The summed E-state index contributed by atoms with van der Waals surface area (Å²) in [6.07, 6.45) is 1.83. The van der Waals surface area contributed by atoms with Crippen molar-refractivity contribution in [3.8, 4) is 0 Å². The molecule has 0 spiro atoms. The second-order valence-corrected chi connectivity index (χ2v) is 6.27. The first kappa shape index (κ1) is 11.8. The van der Waals surface area contributed by atoms with Gasteiger partial charge in [0.05, 0.1) is 5.60 Å². The molecule has 2 rings (SSSR count). The SMILES string of the molecule is O=C1CC(S(=O)(=O)F)CN1CC1(O)CCC1. The monoisotopic (exact) mass is 251 g/mol. The molecule has 1 saturated carbocycles. The van der Waals surface area contributed by atoms with Gasteiger partial charge >= 0.3 is 10.2 Å². The third-order valence-electron chi connectivity index (χ3n) is 3.35. The van der Waals surface area contributed by atoms with Crippen molar-refractivity contribution in [1.29, 1.82) is 0 Å². The molecular formula is C9H14FNO4S. The summed E-state index contributed by atoms with van der Waals surface area (Å²) in [5.41, 5.74) is -0.884. The minimum Gasteiger partial charge on any atom is -0.388 e. The predicted octanol–water partition coefficient (Wildman–Crippen LogP) is -0.198. The molecule has 0 aromatic heterocycles. The number of hydrogen-bond donors (Lipinski definition) is 1. The molecule has 16 heavy (non-hydrogen) atoms. The van der Waals surface area contributed by atoms with E-state index in [1.165, 1.54) is 4.90 Å².